The number of rotatable bonds is 5. The molecule has 2 N–H and O–H groups in total. The highest BCUT2D eigenvalue weighted by Crippen LogP contribution is 2.33. The Labute approximate surface area is 111 Å². The van der Waals surface area contributed by atoms with Crippen molar-refractivity contribution in [3.63, 3.8) is 0 Å². The number of hydrogen-bond acceptors (Lipinski definition) is 4. The number of nitrogens with zero attached hydrogens (tertiary/aromatic N) is 1. The molecule has 2 fully saturated rings. The second-order valence-electron chi connectivity index (χ2n) is 6.17. The summed E-state index contributed by atoms with van der Waals surface area (Å²) in [5.41, 5.74) is 0.376. The maximum atomic E-state index is 9.68. The van der Waals surface area contributed by atoms with Crippen LogP contribution in [-0.4, -0.2) is 62.6 Å². The summed E-state index contributed by atoms with van der Waals surface area (Å²) in [6, 6.07) is 0. The first-order valence-corrected chi connectivity index (χ1v) is 7.28. The van der Waals surface area contributed by atoms with E-state index in [0.717, 1.165) is 58.7 Å². The molecular formula is C14H28N2O2. The standard InChI is InChI=1S/C14H28N2O2/c1-12(17)13-3-6-16(9-13)11-14(10-15-2)4-7-18-8-5-14/h12-13,15,17H,3-11H2,1-2H3. The minimum absolute atomic E-state index is 0.162. The molecular weight excluding hydrogens is 228 g/mol. The van der Waals surface area contributed by atoms with Gasteiger partial charge < -0.3 is 20.1 Å². The van der Waals surface area contributed by atoms with Gasteiger partial charge in [-0.15, -0.1) is 0 Å². The lowest BCUT2D eigenvalue weighted by molar-refractivity contribution is -0.00155. The van der Waals surface area contributed by atoms with E-state index in [0.29, 0.717) is 11.3 Å². The number of nitrogens with one attached hydrogen (secondary N) is 1. The fourth-order valence-corrected chi connectivity index (χ4v) is 3.44. The highest BCUT2D eigenvalue weighted by molar-refractivity contribution is 4.90. The topological polar surface area (TPSA) is 44.7 Å². The van der Waals surface area contributed by atoms with Gasteiger partial charge in [0.05, 0.1) is 6.10 Å². The van der Waals surface area contributed by atoms with Crippen LogP contribution >= 0.6 is 0 Å². The molecule has 2 unspecified atom stereocenters. The number of aliphatic hydroxyl groups is 1. The van der Waals surface area contributed by atoms with Crippen molar-refractivity contribution in [1.82, 2.24) is 10.2 Å². The molecule has 0 aromatic heterocycles. The van der Waals surface area contributed by atoms with Crippen molar-refractivity contribution in [1.29, 1.82) is 0 Å². The van der Waals surface area contributed by atoms with E-state index in [1.54, 1.807) is 0 Å². The summed E-state index contributed by atoms with van der Waals surface area (Å²) in [6.45, 7) is 8.15. The van der Waals surface area contributed by atoms with Gasteiger partial charge in [0.1, 0.15) is 0 Å². The van der Waals surface area contributed by atoms with Gasteiger partial charge in [0, 0.05) is 32.8 Å². The molecule has 2 aliphatic rings. The third-order valence-corrected chi connectivity index (χ3v) is 4.66. The highest BCUT2D eigenvalue weighted by atomic mass is 16.5. The molecule has 106 valence electrons. The lowest BCUT2D eigenvalue weighted by atomic mass is 9.79. The van der Waals surface area contributed by atoms with Crippen molar-refractivity contribution in [2.45, 2.75) is 32.3 Å². The molecule has 18 heavy (non-hydrogen) atoms. The fraction of sp³-hybridized carbons (Fsp3) is 1.00. The van der Waals surface area contributed by atoms with Crippen LogP contribution < -0.4 is 5.32 Å². The quantitative estimate of drug-likeness (QED) is 0.760. The third-order valence-electron chi connectivity index (χ3n) is 4.66. The molecule has 0 aliphatic carbocycles. The molecule has 0 bridgehead atoms. The first kappa shape index (κ1) is 14.3. The number of hydrogen-bond donors (Lipinski definition) is 2. The van der Waals surface area contributed by atoms with Gasteiger partial charge >= 0.3 is 0 Å². The highest BCUT2D eigenvalue weighted by Gasteiger charge is 2.36. The van der Waals surface area contributed by atoms with E-state index in [2.05, 4.69) is 10.2 Å². The molecule has 4 heteroatoms. The summed E-state index contributed by atoms with van der Waals surface area (Å²) >= 11 is 0. The SMILES string of the molecule is CNCC1(CN2CCC(C(C)O)C2)CCOCC1. The molecule has 2 heterocycles. The van der Waals surface area contributed by atoms with E-state index in [4.69, 9.17) is 4.74 Å². The van der Waals surface area contributed by atoms with E-state index >= 15 is 0 Å². The van der Waals surface area contributed by atoms with Gasteiger partial charge in [0.2, 0.25) is 0 Å². The summed E-state index contributed by atoms with van der Waals surface area (Å²) < 4.78 is 5.51. The van der Waals surface area contributed by atoms with E-state index in [-0.39, 0.29) is 6.10 Å². The van der Waals surface area contributed by atoms with E-state index in [1.165, 1.54) is 0 Å². The fourth-order valence-electron chi connectivity index (χ4n) is 3.44. The zero-order valence-electron chi connectivity index (χ0n) is 11.8. The van der Waals surface area contributed by atoms with Gasteiger partial charge in [-0.2, -0.15) is 0 Å². The van der Waals surface area contributed by atoms with E-state index in [9.17, 15) is 5.11 Å². The maximum Gasteiger partial charge on any atom is 0.0552 e. The van der Waals surface area contributed by atoms with Gasteiger partial charge in [-0.05, 0) is 51.1 Å². The molecule has 0 radical (unpaired) electrons. The zero-order valence-corrected chi connectivity index (χ0v) is 11.8. The Hall–Kier alpha value is -0.160. The van der Waals surface area contributed by atoms with Gasteiger partial charge in [0.25, 0.3) is 0 Å². The number of aliphatic hydroxyl groups excluding tert-OH is 1. The van der Waals surface area contributed by atoms with Crippen LogP contribution in [0.4, 0.5) is 0 Å². The van der Waals surface area contributed by atoms with Gasteiger partial charge in [-0.3, -0.25) is 0 Å². The molecule has 4 nitrogen and oxygen atoms in total. The molecule has 0 spiro atoms. The predicted molar refractivity (Wildman–Crippen MR) is 72.6 cm³/mol. The monoisotopic (exact) mass is 256 g/mol. The summed E-state index contributed by atoms with van der Waals surface area (Å²) in [4.78, 5) is 2.54. The predicted octanol–water partition coefficient (Wildman–Crippen LogP) is 0.705. The molecule has 2 aliphatic heterocycles. The smallest absolute Gasteiger partial charge is 0.0552 e. The van der Waals surface area contributed by atoms with Crippen molar-refractivity contribution in [2.24, 2.45) is 11.3 Å². The van der Waals surface area contributed by atoms with Gasteiger partial charge in [-0.1, -0.05) is 0 Å². The Bertz CT molecular complexity index is 247. The zero-order chi connectivity index (χ0) is 13.0. The molecule has 2 rings (SSSR count). The molecule has 0 amide bonds. The Morgan fingerprint density at radius 3 is 2.72 bits per heavy atom. The molecule has 0 aromatic rings. The Balaban J connectivity index is 1.89. The number of likely N-dealkylation sites (tertiary alicyclic amines) is 1. The Morgan fingerprint density at radius 2 is 2.17 bits per heavy atom. The first-order valence-electron chi connectivity index (χ1n) is 7.28. The third kappa shape index (κ3) is 3.44. The average molecular weight is 256 g/mol. The first-order chi connectivity index (χ1) is 8.65. The minimum atomic E-state index is -0.162. The summed E-state index contributed by atoms with van der Waals surface area (Å²) in [7, 11) is 2.04. The maximum absolute atomic E-state index is 9.68. The van der Waals surface area contributed by atoms with Crippen molar-refractivity contribution < 1.29 is 9.84 Å². The van der Waals surface area contributed by atoms with Crippen LogP contribution in [0.25, 0.3) is 0 Å². The second kappa shape index (κ2) is 6.33. The average Bonchev–Trinajstić information content (AvgIpc) is 2.79. The number of ether oxygens (including phenoxy) is 1. The van der Waals surface area contributed by atoms with Crippen LogP contribution in [0.15, 0.2) is 0 Å². The molecule has 0 saturated carbocycles. The van der Waals surface area contributed by atoms with Crippen LogP contribution in [0.3, 0.4) is 0 Å². The van der Waals surface area contributed by atoms with Crippen molar-refractivity contribution in [3.05, 3.63) is 0 Å². The largest absolute Gasteiger partial charge is 0.393 e. The normalized spacial score (nSPS) is 30.5. The Morgan fingerprint density at radius 1 is 1.44 bits per heavy atom. The van der Waals surface area contributed by atoms with E-state index in [1.807, 2.05) is 14.0 Å². The molecule has 2 saturated heterocycles. The van der Waals surface area contributed by atoms with Crippen molar-refractivity contribution in [3.8, 4) is 0 Å². The van der Waals surface area contributed by atoms with Gasteiger partial charge in [0.15, 0.2) is 0 Å². The molecule has 0 aromatic carbocycles. The summed E-state index contributed by atoms with van der Waals surface area (Å²) in [5.74, 6) is 0.469. The van der Waals surface area contributed by atoms with Crippen molar-refractivity contribution in [2.75, 3.05) is 46.4 Å². The van der Waals surface area contributed by atoms with E-state index < -0.39 is 0 Å². The lowest BCUT2D eigenvalue weighted by Crippen LogP contribution is -2.46. The molecule has 2 atom stereocenters. The van der Waals surface area contributed by atoms with Crippen molar-refractivity contribution >= 4 is 0 Å². The lowest BCUT2D eigenvalue weighted by Gasteiger charge is -2.40. The Kier molecular flexibility index (Phi) is 5.01. The van der Waals surface area contributed by atoms with Crippen LogP contribution in [0, 0.1) is 11.3 Å². The van der Waals surface area contributed by atoms with Crippen LogP contribution in [0.1, 0.15) is 26.2 Å². The van der Waals surface area contributed by atoms with Crippen LogP contribution in [0.2, 0.25) is 0 Å². The van der Waals surface area contributed by atoms with Crippen LogP contribution in [-0.2, 0) is 4.74 Å². The summed E-state index contributed by atoms with van der Waals surface area (Å²) in [6.07, 6.45) is 3.29. The second-order valence-corrected chi connectivity index (χ2v) is 6.17. The summed E-state index contributed by atoms with van der Waals surface area (Å²) in [5, 5.41) is 13.0. The van der Waals surface area contributed by atoms with Gasteiger partial charge in [-0.25, -0.2) is 0 Å². The van der Waals surface area contributed by atoms with Crippen LogP contribution in [0.5, 0.6) is 0 Å². The minimum Gasteiger partial charge on any atom is -0.393 e.